The van der Waals surface area contributed by atoms with Crippen molar-refractivity contribution in [3.8, 4) is 0 Å². The smallest absolute Gasteiger partial charge is 0.319 e. The number of carbonyl (C=O) groups excluding carboxylic acids is 1. The molecule has 21 heavy (non-hydrogen) atoms. The van der Waals surface area contributed by atoms with Crippen LogP contribution in [0.15, 0.2) is 23.1 Å². The minimum absolute atomic E-state index is 0.208. The molecular formula is C14H20ClN3O2S. The number of urea groups is 1. The first-order valence-corrected chi connectivity index (χ1v) is 8.48. The van der Waals surface area contributed by atoms with Crippen LogP contribution >= 0.6 is 23.4 Å². The molecule has 1 aromatic rings. The Labute approximate surface area is 134 Å². The van der Waals surface area contributed by atoms with Crippen LogP contribution in [0.4, 0.5) is 10.5 Å². The molecule has 0 atom stereocenters. The number of carbonyl (C=O) groups is 1. The zero-order valence-corrected chi connectivity index (χ0v) is 13.6. The molecule has 2 amide bonds. The molecule has 1 fully saturated rings. The Hall–Kier alpha value is -0.950. The minimum Gasteiger partial charge on any atom is -0.379 e. The van der Waals surface area contributed by atoms with E-state index in [4.69, 9.17) is 16.3 Å². The number of hydrogen-bond acceptors (Lipinski definition) is 4. The molecule has 0 unspecified atom stereocenters. The maximum atomic E-state index is 11.9. The van der Waals surface area contributed by atoms with E-state index in [0.717, 1.165) is 43.4 Å². The highest BCUT2D eigenvalue weighted by Gasteiger charge is 2.11. The maximum absolute atomic E-state index is 11.9. The second kappa shape index (κ2) is 8.48. The zero-order valence-electron chi connectivity index (χ0n) is 12.0. The van der Waals surface area contributed by atoms with Crippen molar-refractivity contribution in [1.82, 2.24) is 10.2 Å². The van der Waals surface area contributed by atoms with Crippen LogP contribution in [0.5, 0.6) is 0 Å². The van der Waals surface area contributed by atoms with Crippen molar-refractivity contribution >= 4 is 35.1 Å². The first kappa shape index (κ1) is 16.4. The van der Waals surface area contributed by atoms with Gasteiger partial charge in [0.1, 0.15) is 0 Å². The topological polar surface area (TPSA) is 53.6 Å². The van der Waals surface area contributed by atoms with Gasteiger partial charge in [-0.15, -0.1) is 11.8 Å². The molecule has 1 saturated heterocycles. The summed E-state index contributed by atoms with van der Waals surface area (Å²) < 4.78 is 5.29. The van der Waals surface area contributed by atoms with Gasteiger partial charge in [-0.3, -0.25) is 4.90 Å². The van der Waals surface area contributed by atoms with Gasteiger partial charge in [0.25, 0.3) is 0 Å². The van der Waals surface area contributed by atoms with Crippen molar-refractivity contribution in [1.29, 1.82) is 0 Å². The van der Waals surface area contributed by atoms with Crippen molar-refractivity contribution in [2.75, 3.05) is 51.0 Å². The van der Waals surface area contributed by atoms with Crippen LogP contribution in [0.3, 0.4) is 0 Å². The molecule has 0 aliphatic carbocycles. The Morgan fingerprint density at radius 1 is 1.43 bits per heavy atom. The fraction of sp³-hybridized carbons (Fsp3) is 0.500. The molecule has 1 aliphatic heterocycles. The average molecular weight is 330 g/mol. The van der Waals surface area contributed by atoms with Gasteiger partial charge >= 0.3 is 6.03 Å². The first-order valence-electron chi connectivity index (χ1n) is 6.87. The van der Waals surface area contributed by atoms with Crippen molar-refractivity contribution in [2.24, 2.45) is 0 Å². The molecule has 116 valence electrons. The fourth-order valence-electron chi connectivity index (χ4n) is 2.10. The number of anilines is 1. The lowest BCUT2D eigenvalue weighted by molar-refractivity contribution is 0.0388. The van der Waals surface area contributed by atoms with Gasteiger partial charge in [-0.1, -0.05) is 11.6 Å². The van der Waals surface area contributed by atoms with Crippen LogP contribution in [0.2, 0.25) is 5.02 Å². The Morgan fingerprint density at radius 3 is 2.90 bits per heavy atom. The summed E-state index contributed by atoms with van der Waals surface area (Å²) in [6, 6.07) is 5.26. The Morgan fingerprint density at radius 2 is 2.19 bits per heavy atom. The molecule has 0 aromatic heterocycles. The summed E-state index contributed by atoms with van der Waals surface area (Å²) in [5.74, 6) is 0. The van der Waals surface area contributed by atoms with Gasteiger partial charge in [-0.2, -0.15) is 0 Å². The van der Waals surface area contributed by atoms with Crippen LogP contribution < -0.4 is 10.6 Å². The second-order valence-corrected chi connectivity index (χ2v) is 5.96. The number of amides is 2. The summed E-state index contributed by atoms with van der Waals surface area (Å²) in [5.41, 5.74) is 0.735. The lowest BCUT2D eigenvalue weighted by atomic mass is 10.3. The number of rotatable bonds is 5. The van der Waals surface area contributed by atoms with E-state index >= 15 is 0 Å². The summed E-state index contributed by atoms with van der Waals surface area (Å²) in [6.07, 6.45) is 1.96. The zero-order chi connectivity index (χ0) is 15.1. The van der Waals surface area contributed by atoms with Crippen LogP contribution in [-0.4, -0.2) is 56.6 Å². The molecular weight excluding hydrogens is 310 g/mol. The highest BCUT2D eigenvalue weighted by Crippen LogP contribution is 2.28. The van der Waals surface area contributed by atoms with Gasteiger partial charge < -0.3 is 15.4 Å². The monoisotopic (exact) mass is 329 g/mol. The van der Waals surface area contributed by atoms with Crippen molar-refractivity contribution in [3.63, 3.8) is 0 Å². The predicted molar refractivity (Wildman–Crippen MR) is 87.5 cm³/mol. The number of morpholine rings is 1. The van der Waals surface area contributed by atoms with Crippen LogP contribution in [0.25, 0.3) is 0 Å². The van der Waals surface area contributed by atoms with Crippen LogP contribution in [0, 0.1) is 0 Å². The molecule has 0 bridgehead atoms. The predicted octanol–water partition coefficient (Wildman–Crippen LogP) is 2.52. The third kappa shape index (κ3) is 5.39. The van der Waals surface area contributed by atoms with Crippen molar-refractivity contribution < 1.29 is 9.53 Å². The Bertz CT molecular complexity index is 481. The highest BCUT2D eigenvalue weighted by atomic mass is 35.5. The highest BCUT2D eigenvalue weighted by molar-refractivity contribution is 7.98. The van der Waals surface area contributed by atoms with E-state index in [1.165, 1.54) is 0 Å². The molecule has 2 rings (SSSR count). The largest absolute Gasteiger partial charge is 0.379 e. The third-order valence-electron chi connectivity index (χ3n) is 3.23. The first-order chi connectivity index (χ1) is 10.2. The molecule has 1 aromatic carbocycles. The standard InChI is InChI=1S/C14H20ClN3O2S/c1-21-13-3-2-11(15)10-12(13)17-14(19)16-4-5-18-6-8-20-9-7-18/h2-3,10H,4-9H2,1H3,(H2,16,17,19). The van der Waals surface area contributed by atoms with E-state index in [2.05, 4.69) is 15.5 Å². The summed E-state index contributed by atoms with van der Waals surface area (Å²) in [7, 11) is 0. The van der Waals surface area contributed by atoms with Gasteiger partial charge in [0, 0.05) is 36.1 Å². The van der Waals surface area contributed by atoms with E-state index in [9.17, 15) is 4.79 Å². The molecule has 0 saturated carbocycles. The molecule has 7 heteroatoms. The number of thioether (sulfide) groups is 1. The summed E-state index contributed by atoms with van der Waals surface area (Å²) in [5, 5.41) is 6.31. The molecule has 0 radical (unpaired) electrons. The molecule has 5 nitrogen and oxygen atoms in total. The number of nitrogens with one attached hydrogen (secondary N) is 2. The fourth-order valence-corrected chi connectivity index (χ4v) is 2.80. The minimum atomic E-state index is -0.208. The molecule has 1 aliphatic rings. The maximum Gasteiger partial charge on any atom is 0.319 e. The van der Waals surface area contributed by atoms with Crippen molar-refractivity contribution in [3.05, 3.63) is 23.2 Å². The lowest BCUT2D eigenvalue weighted by Gasteiger charge is -2.26. The van der Waals surface area contributed by atoms with Crippen LogP contribution in [-0.2, 0) is 4.74 Å². The van der Waals surface area contributed by atoms with Gasteiger partial charge in [-0.05, 0) is 24.5 Å². The summed E-state index contributed by atoms with van der Waals surface area (Å²) in [6.45, 7) is 4.84. The number of hydrogen-bond donors (Lipinski definition) is 2. The third-order valence-corrected chi connectivity index (χ3v) is 4.26. The van der Waals surface area contributed by atoms with E-state index in [1.54, 1.807) is 17.8 Å². The summed E-state index contributed by atoms with van der Waals surface area (Å²) >= 11 is 7.53. The number of nitrogens with zero attached hydrogens (tertiary/aromatic N) is 1. The van der Waals surface area contributed by atoms with Gasteiger partial charge in [0.15, 0.2) is 0 Å². The molecule has 1 heterocycles. The van der Waals surface area contributed by atoms with Gasteiger partial charge in [-0.25, -0.2) is 4.79 Å². The number of benzene rings is 1. The Balaban J connectivity index is 1.77. The number of ether oxygens (including phenoxy) is 1. The van der Waals surface area contributed by atoms with E-state index in [-0.39, 0.29) is 6.03 Å². The van der Waals surface area contributed by atoms with Crippen LogP contribution in [0.1, 0.15) is 0 Å². The number of halogens is 1. The quantitative estimate of drug-likeness (QED) is 0.815. The normalized spacial score (nSPS) is 15.7. The summed E-state index contributed by atoms with van der Waals surface area (Å²) in [4.78, 5) is 15.2. The van der Waals surface area contributed by atoms with Gasteiger partial charge in [0.05, 0.1) is 18.9 Å². The van der Waals surface area contributed by atoms with Gasteiger partial charge in [0.2, 0.25) is 0 Å². The van der Waals surface area contributed by atoms with E-state index < -0.39 is 0 Å². The molecule has 0 spiro atoms. The lowest BCUT2D eigenvalue weighted by Crippen LogP contribution is -2.42. The van der Waals surface area contributed by atoms with E-state index in [0.29, 0.717) is 11.6 Å². The second-order valence-electron chi connectivity index (χ2n) is 4.68. The van der Waals surface area contributed by atoms with E-state index in [1.807, 2.05) is 18.4 Å². The molecule has 2 N–H and O–H groups in total. The van der Waals surface area contributed by atoms with Crippen molar-refractivity contribution in [2.45, 2.75) is 4.90 Å². The SMILES string of the molecule is CSc1ccc(Cl)cc1NC(=O)NCCN1CCOCC1. The Kier molecular flexibility index (Phi) is 6.63. The average Bonchev–Trinajstić information content (AvgIpc) is 2.48.